The zero-order chi connectivity index (χ0) is 18.2. The quantitative estimate of drug-likeness (QED) is 0.790. The second-order valence-corrected chi connectivity index (χ2v) is 6.79. The van der Waals surface area contributed by atoms with Crippen molar-refractivity contribution in [2.24, 2.45) is 0 Å². The summed E-state index contributed by atoms with van der Waals surface area (Å²) in [4.78, 5) is 16.6. The summed E-state index contributed by atoms with van der Waals surface area (Å²) < 4.78 is 0. The summed E-state index contributed by atoms with van der Waals surface area (Å²) in [6.07, 6.45) is 0.487. The lowest BCUT2D eigenvalue weighted by Gasteiger charge is -2.26. The summed E-state index contributed by atoms with van der Waals surface area (Å²) in [6, 6.07) is 18.7. The van der Waals surface area contributed by atoms with E-state index in [9.17, 15) is 4.79 Å². The second-order valence-electron chi connectivity index (χ2n) is 6.79. The first kappa shape index (κ1) is 19.0. The maximum absolute atomic E-state index is 12.3. The smallest absolute Gasteiger partial charge is 0.225 e. The van der Waals surface area contributed by atoms with E-state index in [-0.39, 0.29) is 5.91 Å². The molecule has 0 radical (unpaired) electrons. The third kappa shape index (κ3) is 6.24. The van der Waals surface area contributed by atoms with Crippen LogP contribution in [-0.4, -0.2) is 37.5 Å². The number of carbonyl (C=O) groups excluding carboxylic acids is 1. The van der Waals surface area contributed by atoms with Crippen molar-refractivity contribution in [3.63, 3.8) is 0 Å². The van der Waals surface area contributed by atoms with Gasteiger partial charge in [-0.3, -0.25) is 9.69 Å². The Labute approximate surface area is 151 Å². The minimum absolute atomic E-state index is 0.0521. The third-order valence-corrected chi connectivity index (χ3v) is 4.25. The van der Waals surface area contributed by atoms with Gasteiger partial charge >= 0.3 is 0 Å². The molecule has 2 rings (SSSR count). The molecule has 0 aliphatic heterocycles. The number of anilines is 2. The molecule has 1 amide bonds. The number of nitrogens with zero attached hydrogens (tertiary/aromatic N) is 2. The zero-order valence-corrected chi connectivity index (χ0v) is 15.7. The average Bonchev–Trinajstić information content (AvgIpc) is 2.59. The Kier molecular flexibility index (Phi) is 7.02. The van der Waals surface area contributed by atoms with E-state index in [0.29, 0.717) is 12.5 Å². The fourth-order valence-corrected chi connectivity index (χ4v) is 2.65. The summed E-state index contributed by atoms with van der Waals surface area (Å²) in [5.74, 6) is 0.0521. The first-order valence-corrected chi connectivity index (χ1v) is 8.81. The highest BCUT2D eigenvalue weighted by Crippen LogP contribution is 2.16. The molecule has 0 aliphatic carbocycles. The topological polar surface area (TPSA) is 35.6 Å². The van der Waals surface area contributed by atoms with Gasteiger partial charge in [-0.05, 0) is 43.7 Å². The standard InChI is InChI=1S/C21H29N3O/c1-17(2)24(16-18-8-6-5-7-9-18)15-14-21(25)22-19-10-12-20(13-11-19)23(3)4/h5-13,17H,14-16H2,1-4H3,(H,22,25). The molecule has 0 unspecified atom stereocenters. The first-order valence-electron chi connectivity index (χ1n) is 8.81. The van der Waals surface area contributed by atoms with E-state index in [1.807, 2.05) is 49.3 Å². The second kappa shape index (κ2) is 9.23. The van der Waals surface area contributed by atoms with Crippen LogP contribution in [0.3, 0.4) is 0 Å². The fraction of sp³-hybridized carbons (Fsp3) is 0.381. The molecule has 2 aromatic carbocycles. The van der Waals surface area contributed by atoms with E-state index in [4.69, 9.17) is 0 Å². The summed E-state index contributed by atoms with van der Waals surface area (Å²) in [7, 11) is 4.00. The molecule has 0 fully saturated rings. The molecule has 4 heteroatoms. The van der Waals surface area contributed by atoms with Gasteiger partial charge in [0, 0.05) is 51.0 Å². The minimum Gasteiger partial charge on any atom is -0.378 e. The molecule has 0 atom stereocenters. The van der Waals surface area contributed by atoms with Gasteiger partial charge in [0.05, 0.1) is 0 Å². The van der Waals surface area contributed by atoms with E-state index >= 15 is 0 Å². The van der Waals surface area contributed by atoms with Crippen LogP contribution in [-0.2, 0) is 11.3 Å². The molecule has 0 saturated heterocycles. The Hall–Kier alpha value is -2.33. The molecular weight excluding hydrogens is 310 g/mol. The Balaban J connectivity index is 1.86. The lowest BCUT2D eigenvalue weighted by molar-refractivity contribution is -0.116. The van der Waals surface area contributed by atoms with Gasteiger partial charge in [-0.15, -0.1) is 0 Å². The van der Waals surface area contributed by atoms with Gasteiger partial charge in [-0.1, -0.05) is 30.3 Å². The van der Waals surface area contributed by atoms with Crippen molar-refractivity contribution in [1.82, 2.24) is 4.90 Å². The SMILES string of the molecule is CC(C)N(CCC(=O)Nc1ccc(N(C)C)cc1)Cc1ccccc1. The lowest BCUT2D eigenvalue weighted by atomic mass is 10.2. The number of carbonyl (C=O) groups is 1. The van der Waals surface area contributed by atoms with E-state index < -0.39 is 0 Å². The van der Waals surface area contributed by atoms with Gasteiger partial charge in [0.25, 0.3) is 0 Å². The normalized spacial score (nSPS) is 11.0. The monoisotopic (exact) mass is 339 g/mol. The van der Waals surface area contributed by atoms with Crippen molar-refractivity contribution in [2.75, 3.05) is 30.9 Å². The van der Waals surface area contributed by atoms with E-state index in [0.717, 1.165) is 24.5 Å². The van der Waals surface area contributed by atoms with Crippen LogP contribution < -0.4 is 10.2 Å². The highest BCUT2D eigenvalue weighted by Gasteiger charge is 2.12. The molecule has 134 valence electrons. The van der Waals surface area contributed by atoms with Crippen LogP contribution in [0.25, 0.3) is 0 Å². The van der Waals surface area contributed by atoms with Crippen LogP contribution in [0.15, 0.2) is 54.6 Å². The average molecular weight is 339 g/mol. The number of benzene rings is 2. The maximum atomic E-state index is 12.3. The van der Waals surface area contributed by atoms with Gasteiger partial charge in [-0.2, -0.15) is 0 Å². The molecular formula is C21H29N3O. The largest absolute Gasteiger partial charge is 0.378 e. The molecule has 0 bridgehead atoms. The molecule has 0 spiro atoms. The van der Waals surface area contributed by atoms with Gasteiger partial charge in [0.15, 0.2) is 0 Å². The lowest BCUT2D eigenvalue weighted by Crippen LogP contribution is -2.33. The van der Waals surface area contributed by atoms with Crippen molar-refractivity contribution < 1.29 is 4.79 Å². The maximum Gasteiger partial charge on any atom is 0.225 e. The van der Waals surface area contributed by atoms with Crippen LogP contribution in [0.4, 0.5) is 11.4 Å². The Morgan fingerprint density at radius 3 is 2.20 bits per heavy atom. The molecule has 1 N–H and O–H groups in total. The molecule has 0 heterocycles. The number of hydrogen-bond donors (Lipinski definition) is 1. The number of hydrogen-bond acceptors (Lipinski definition) is 3. The number of rotatable bonds is 8. The van der Waals surface area contributed by atoms with Gasteiger partial charge < -0.3 is 10.2 Å². The highest BCUT2D eigenvalue weighted by molar-refractivity contribution is 5.91. The van der Waals surface area contributed by atoms with Crippen LogP contribution in [0, 0.1) is 0 Å². The minimum atomic E-state index is 0.0521. The highest BCUT2D eigenvalue weighted by atomic mass is 16.1. The van der Waals surface area contributed by atoms with Crippen LogP contribution in [0.1, 0.15) is 25.8 Å². The molecule has 0 aromatic heterocycles. The van der Waals surface area contributed by atoms with E-state index in [1.165, 1.54) is 5.56 Å². The van der Waals surface area contributed by atoms with Crippen LogP contribution >= 0.6 is 0 Å². The molecule has 25 heavy (non-hydrogen) atoms. The molecule has 2 aromatic rings. The summed E-state index contributed by atoms with van der Waals surface area (Å²) in [5.41, 5.74) is 3.23. The summed E-state index contributed by atoms with van der Waals surface area (Å²) >= 11 is 0. The van der Waals surface area contributed by atoms with E-state index in [2.05, 4.69) is 48.3 Å². The predicted octanol–water partition coefficient (Wildman–Crippen LogP) is 3.99. The molecule has 0 saturated carbocycles. The Morgan fingerprint density at radius 1 is 1.00 bits per heavy atom. The third-order valence-electron chi connectivity index (χ3n) is 4.25. The van der Waals surface area contributed by atoms with Gasteiger partial charge in [0.1, 0.15) is 0 Å². The van der Waals surface area contributed by atoms with Crippen molar-refractivity contribution >= 4 is 17.3 Å². The zero-order valence-electron chi connectivity index (χ0n) is 15.7. The van der Waals surface area contributed by atoms with E-state index in [1.54, 1.807) is 0 Å². The summed E-state index contributed by atoms with van der Waals surface area (Å²) in [6.45, 7) is 5.94. The van der Waals surface area contributed by atoms with Gasteiger partial charge in [0.2, 0.25) is 5.91 Å². The van der Waals surface area contributed by atoms with Crippen molar-refractivity contribution in [3.8, 4) is 0 Å². The first-order chi connectivity index (χ1) is 12.0. The Bertz CT molecular complexity index is 651. The molecule has 0 aliphatic rings. The number of nitrogens with one attached hydrogen (secondary N) is 1. The van der Waals surface area contributed by atoms with Crippen molar-refractivity contribution in [1.29, 1.82) is 0 Å². The van der Waals surface area contributed by atoms with Crippen LogP contribution in [0.5, 0.6) is 0 Å². The number of amides is 1. The van der Waals surface area contributed by atoms with Crippen LogP contribution in [0.2, 0.25) is 0 Å². The van der Waals surface area contributed by atoms with Gasteiger partial charge in [-0.25, -0.2) is 0 Å². The van der Waals surface area contributed by atoms with Crippen molar-refractivity contribution in [2.45, 2.75) is 32.9 Å². The predicted molar refractivity (Wildman–Crippen MR) is 106 cm³/mol. The summed E-state index contributed by atoms with van der Waals surface area (Å²) in [5, 5.41) is 2.98. The fourth-order valence-electron chi connectivity index (χ4n) is 2.65. The molecule has 4 nitrogen and oxygen atoms in total. The van der Waals surface area contributed by atoms with Crippen molar-refractivity contribution in [3.05, 3.63) is 60.2 Å². The Morgan fingerprint density at radius 2 is 1.64 bits per heavy atom.